The van der Waals surface area contributed by atoms with Gasteiger partial charge >= 0.3 is 5.97 Å². The van der Waals surface area contributed by atoms with Crippen molar-refractivity contribution in [3.8, 4) is 17.0 Å². The Kier molecular flexibility index (Phi) is 4.96. The molecule has 5 rings (SSSR count). The second-order valence-corrected chi connectivity index (χ2v) is 8.67. The molecule has 3 aliphatic rings. The highest BCUT2D eigenvalue weighted by molar-refractivity contribution is 6.32. The van der Waals surface area contributed by atoms with Gasteiger partial charge in [-0.1, -0.05) is 11.6 Å². The lowest BCUT2D eigenvalue weighted by atomic mass is 9.94. The SMILES string of the molecule is COCCCOc1cc2c(cc1Cl)-c1cc(=O)c(C(=O)O)cn1N1[C@@H]2CCC12COC2. The second-order valence-electron chi connectivity index (χ2n) is 8.27. The van der Waals surface area contributed by atoms with Crippen LogP contribution in [0.15, 0.2) is 29.2 Å². The Hall–Kier alpha value is -2.55. The Labute approximate surface area is 183 Å². The van der Waals surface area contributed by atoms with Crippen molar-refractivity contribution in [2.24, 2.45) is 0 Å². The van der Waals surface area contributed by atoms with Crippen molar-refractivity contribution in [3.63, 3.8) is 0 Å². The highest BCUT2D eigenvalue weighted by atomic mass is 35.5. The minimum Gasteiger partial charge on any atom is -0.492 e. The van der Waals surface area contributed by atoms with Crippen molar-refractivity contribution in [2.75, 3.05) is 38.5 Å². The van der Waals surface area contributed by atoms with Gasteiger partial charge in [0.15, 0.2) is 5.43 Å². The summed E-state index contributed by atoms with van der Waals surface area (Å²) in [7, 11) is 1.65. The number of halogens is 1. The Morgan fingerprint density at radius 3 is 2.81 bits per heavy atom. The lowest BCUT2D eigenvalue weighted by Gasteiger charge is -2.51. The zero-order chi connectivity index (χ0) is 21.8. The predicted molar refractivity (Wildman–Crippen MR) is 114 cm³/mol. The van der Waals surface area contributed by atoms with Gasteiger partial charge < -0.3 is 19.3 Å². The predicted octanol–water partition coefficient (Wildman–Crippen LogP) is 2.84. The van der Waals surface area contributed by atoms with E-state index >= 15 is 0 Å². The van der Waals surface area contributed by atoms with E-state index in [2.05, 4.69) is 5.01 Å². The number of methoxy groups -OCH3 is 1. The standard InChI is InChI=1S/C22H23ClN2O6/c1-29-5-2-6-31-20-8-14-13(7-16(20)23)18-9-19(26)15(21(27)28)10-24(18)25-17(14)3-4-22(25)11-30-12-22/h7-10,17H,2-6,11-12H2,1H3,(H,27,28)/t17-/m1/s1. The summed E-state index contributed by atoms with van der Waals surface area (Å²) in [6, 6.07) is 5.17. The van der Waals surface area contributed by atoms with Gasteiger partial charge in [-0.2, -0.15) is 0 Å². The first-order chi connectivity index (χ1) is 14.9. The molecule has 164 valence electrons. The van der Waals surface area contributed by atoms with E-state index in [0.29, 0.717) is 42.9 Å². The minimum atomic E-state index is -1.24. The van der Waals surface area contributed by atoms with E-state index in [4.69, 9.17) is 25.8 Å². The van der Waals surface area contributed by atoms with Gasteiger partial charge in [-0.3, -0.25) is 14.5 Å². The molecule has 0 saturated carbocycles. The summed E-state index contributed by atoms with van der Waals surface area (Å²) in [4.78, 5) is 24.2. The van der Waals surface area contributed by atoms with Gasteiger partial charge in [0.2, 0.25) is 0 Å². The highest BCUT2D eigenvalue weighted by Crippen LogP contribution is 2.52. The molecule has 1 spiro atoms. The van der Waals surface area contributed by atoms with Crippen LogP contribution in [0.4, 0.5) is 0 Å². The number of carboxylic acid groups (broad SMARTS) is 1. The van der Waals surface area contributed by atoms with Crippen LogP contribution in [0.3, 0.4) is 0 Å². The van der Waals surface area contributed by atoms with Crippen LogP contribution in [0, 0.1) is 0 Å². The Bertz CT molecular complexity index is 1110. The van der Waals surface area contributed by atoms with Crippen LogP contribution in [0.25, 0.3) is 11.3 Å². The van der Waals surface area contributed by atoms with Crippen molar-refractivity contribution in [2.45, 2.75) is 30.8 Å². The van der Waals surface area contributed by atoms with E-state index in [0.717, 1.165) is 30.4 Å². The molecule has 1 atom stereocenters. The van der Waals surface area contributed by atoms with Gasteiger partial charge in [-0.15, -0.1) is 0 Å². The maximum atomic E-state index is 12.5. The fraction of sp³-hybridized carbons (Fsp3) is 0.455. The lowest BCUT2D eigenvalue weighted by Crippen LogP contribution is -2.64. The smallest absolute Gasteiger partial charge is 0.341 e. The molecule has 31 heavy (non-hydrogen) atoms. The van der Waals surface area contributed by atoms with Crippen LogP contribution in [-0.4, -0.2) is 54.8 Å². The lowest BCUT2D eigenvalue weighted by molar-refractivity contribution is -0.0616. The minimum absolute atomic E-state index is 0.00846. The van der Waals surface area contributed by atoms with Crippen LogP contribution in [0.1, 0.15) is 41.2 Å². The molecule has 1 aromatic heterocycles. The number of pyridine rings is 1. The fourth-order valence-corrected chi connectivity index (χ4v) is 5.10. The second kappa shape index (κ2) is 7.55. The van der Waals surface area contributed by atoms with E-state index in [1.165, 1.54) is 12.3 Å². The number of nitrogens with zero attached hydrogens (tertiary/aromatic N) is 2. The molecule has 2 saturated heterocycles. The van der Waals surface area contributed by atoms with Crippen LogP contribution >= 0.6 is 11.6 Å². The number of hydrogen-bond donors (Lipinski definition) is 1. The van der Waals surface area contributed by atoms with Crippen LogP contribution < -0.4 is 15.2 Å². The first kappa shape index (κ1) is 20.4. The quantitative estimate of drug-likeness (QED) is 0.682. The monoisotopic (exact) mass is 446 g/mol. The molecule has 1 N–H and O–H groups in total. The number of aromatic carboxylic acids is 1. The molecule has 2 fully saturated rings. The van der Waals surface area contributed by atoms with E-state index < -0.39 is 11.4 Å². The molecule has 4 heterocycles. The van der Waals surface area contributed by atoms with E-state index in [9.17, 15) is 14.7 Å². The molecule has 0 amide bonds. The zero-order valence-corrected chi connectivity index (χ0v) is 17.9. The van der Waals surface area contributed by atoms with Gasteiger partial charge in [-0.05, 0) is 30.5 Å². The molecule has 0 aliphatic carbocycles. The Morgan fingerprint density at radius 2 is 2.13 bits per heavy atom. The summed E-state index contributed by atoms with van der Waals surface area (Å²) in [5.41, 5.74) is 1.48. The fourth-order valence-electron chi connectivity index (χ4n) is 4.88. The largest absolute Gasteiger partial charge is 0.492 e. The van der Waals surface area contributed by atoms with E-state index in [1.807, 2.05) is 16.8 Å². The van der Waals surface area contributed by atoms with E-state index in [1.54, 1.807) is 7.11 Å². The normalized spacial score (nSPS) is 20.1. The first-order valence-corrected chi connectivity index (χ1v) is 10.7. The zero-order valence-electron chi connectivity index (χ0n) is 17.1. The number of carboxylic acids is 1. The first-order valence-electron chi connectivity index (χ1n) is 10.3. The van der Waals surface area contributed by atoms with Crippen molar-refractivity contribution < 1.29 is 24.1 Å². The molecule has 1 aromatic carbocycles. The highest BCUT2D eigenvalue weighted by Gasteiger charge is 2.54. The van der Waals surface area contributed by atoms with Crippen LogP contribution in [-0.2, 0) is 9.47 Å². The van der Waals surface area contributed by atoms with Crippen LogP contribution in [0.5, 0.6) is 5.75 Å². The summed E-state index contributed by atoms with van der Waals surface area (Å²) in [5, 5.41) is 12.1. The topological polar surface area (TPSA) is 90.2 Å². The number of fused-ring (bicyclic) bond motifs is 7. The number of hydrogen-bond acceptors (Lipinski definition) is 6. The maximum absolute atomic E-state index is 12.5. The Balaban J connectivity index is 1.64. The average molecular weight is 447 g/mol. The summed E-state index contributed by atoms with van der Waals surface area (Å²) >= 11 is 6.53. The third-order valence-electron chi connectivity index (χ3n) is 6.39. The van der Waals surface area contributed by atoms with Gasteiger partial charge in [0, 0.05) is 38.0 Å². The number of ether oxygens (including phenoxy) is 3. The van der Waals surface area contributed by atoms with Crippen molar-refractivity contribution in [3.05, 3.63) is 50.8 Å². The van der Waals surface area contributed by atoms with Crippen molar-refractivity contribution in [1.82, 2.24) is 4.68 Å². The maximum Gasteiger partial charge on any atom is 0.341 e. The molecule has 0 unspecified atom stereocenters. The summed E-state index contributed by atoms with van der Waals surface area (Å²) in [6.45, 7) is 2.22. The number of benzene rings is 1. The number of carbonyl (C=O) groups is 1. The molecular formula is C22H23ClN2O6. The van der Waals surface area contributed by atoms with E-state index in [-0.39, 0.29) is 17.1 Å². The van der Waals surface area contributed by atoms with Crippen molar-refractivity contribution >= 4 is 17.6 Å². The van der Waals surface area contributed by atoms with Gasteiger partial charge in [0.1, 0.15) is 16.9 Å². The average Bonchev–Trinajstić information content (AvgIpc) is 3.13. The molecular weight excluding hydrogens is 424 g/mol. The number of aromatic nitrogens is 1. The number of rotatable bonds is 6. The molecule has 0 bridgehead atoms. The molecule has 2 aromatic rings. The molecule has 8 nitrogen and oxygen atoms in total. The summed E-state index contributed by atoms with van der Waals surface area (Å²) in [6.07, 6.45) is 3.98. The molecule has 0 radical (unpaired) electrons. The molecule has 9 heteroatoms. The Morgan fingerprint density at radius 1 is 1.32 bits per heavy atom. The summed E-state index contributed by atoms with van der Waals surface area (Å²) < 4.78 is 18.3. The third-order valence-corrected chi connectivity index (χ3v) is 6.68. The third kappa shape index (κ3) is 3.12. The van der Waals surface area contributed by atoms with Gasteiger partial charge in [0.25, 0.3) is 0 Å². The van der Waals surface area contributed by atoms with Gasteiger partial charge in [-0.25, -0.2) is 4.79 Å². The van der Waals surface area contributed by atoms with Gasteiger partial charge in [0.05, 0.1) is 36.6 Å². The van der Waals surface area contributed by atoms with Crippen molar-refractivity contribution in [1.29, 1.82) is 0 Å². The molecule has 3 aliphatic heterocycles. The summed E-state index contributed by atoms with van der Waals surface area (Å²) in [5.74, 6) is -0.640. The van der Waals surface area contributed by atoms with Crippen LogP contribution in [0.2, 0.25) is 5.02 Å².